The number of aryl methyl sites for hydroxylation is 1. The quantitative estimate of drug-likeness (QED) is 0.837. The fraction of sp³-hybridized carbons (Fsp3) is 0.667. The normalized spacial score (nSPS) is 21.1. The summed E-state index contributed by atoms with van der Waals surface area (Å²) in [6, 6.07) is 10.00. The van der Waals surface area contributed by atoms with Crippen molar-refractivity contribution in [3.8, 4) is 0 Å². The molecule has 0 spiro atoms. The first kappa shape index (κ1) is 16.5. The summed E-state index contributed by atoms with van der Waals surface area (Å²) in [5.74, 6) is 0. The van der Waals surface area contributed by atoms with E-state index in [9.17, 15) is 0 Å². The Morgan fingerprint density at radius 1 is 1.29 bits per heavy atom. The van der Waals surface area contributed by atoms with Crippen molar-refractivity contribution >= 4 is 0 Å². The molecule has 0 aromatic heterocycles. The first-order valence-electron chi connectivity index (χ1n) is 8.42. The second kappa shape index (κ2) is 7.92. The van der Waals surface area contributed by atoms with Gasteiger partial charge in [0, 0.05) is 25.2 Å². The molecule has 1 aliphatic rings. The summed E-state index contributed by atoms with van der Waals surface area (Å²) in [5.41, 5.74) is 8.80. The zero-order valence-electron chi connectivity index (χ0n) is 13.9. The standard InChI is InChI=1S/C18H31N3/c1-4-15-8-10-16(11-9-15)18(13-19)20(3)14-17-7-6-12-21(17)5-2/h8-11,17-18H,4-7,12-14,19H2,1-3H3. The van der Waals surface area contributed by atoms with E-state index in [1.54, 1.807) is 0 Å². The predicted octanol–water partition coefficient (Wildman–Crippen LogP) is 2.66. The van der Waals surface area contributed by atoms with Crippen molar-refractivity contribution in [2.45, 2.75) is 45.2 Å². The molecule has 2 rings (SSSR count). The maximum Gasteiger partial charge on any atom is 0.0468 e. The first-order valence-corrected chi connectivity index (χ1v) is 8.42. The molecule has 3 heteroatoms. The maximum absolute atomic E-state index is 6.06. The average molecular weight is 289 g/mol. The van der Waals surface area contributed by atoms with Crippen LogP contribution in [0.3, 0.4) is 0 Å². The molecule has 0 aliphatic carbocycles. The van der Waals surface area contributed by atoms with Crippen LogP contribution >= 0.6 is 0 Å². The van der Waals surface area contributed by atoms with Crippen molar-refractivity contribution in [2.24, 2.45) is 5.73 Å². The Morgan fingerprint density at radius 3 is 2.57 bits per heavy atom. The molecule has 2 N–H and O–H groups in total. The Balaban J connectivity index is 2.01. The molecule has 2 atom stereocenters. The van der Waals surface area contributed by atoms with E-state index in [0.29, 0.717) is 18.6 Å². The third kappa shape index (κ3) is 4.06. The summed E-state index contributed by atoms with van der Waals surface area (Å²) >= 11 is 0. The van der Waals surface area contributed by atoms with Gasteiger partial charge in [0.25, 0.3) is 0 Å². The number of likely N-dealkylation sites (tertiary alicyclic amines) is 1. The Labute approximate surface area is 130 Å². The Kier molecular flexibility index (Phi) is 6.22. The molecule has 1 aliphatic heterocycles. The van der Waals surface area contributed by atoms with Gasteiger partial charge in [-0.25, -0.2) is 0 Å². The van der Waals surface area contributed by atoms with Gasteiger partial charge in [-0.3, -0.25) is 9.80 Å². The van der Waals surface area contributed by atoms with Crippen molar-refractivity contribution in [3.05, 3.63) is 35.4 Å². The minimum atomic E-state index is 0.329. The lowest BCUT2D eigenvalue weighted by Crippen LogP contribution is -2.41. The molecule has 1 aromatic rings. The summed E-state index contributed by atoms with van der Waals surface area (Å²) in [6.45, 7) is 8.68. The van der Waals surface area contributed by atoms with E-state index in [2.05, 4.69) is 55.0 Å². The van der Waals surface area contributed by atoms with Crippen molar-refractivity contribution in [1.82, 2.24) is 9.80 Å². The predicted molar refractivity (Wildman–Crippen MR) is 90.5 cm³/mol. The Bertz CT molecular complexity index is 415. The number of nitrogens with zero attached hydrogens (tertiary/aromatic N) is 2. The van der Waals surface area contributed by atoms with Crippen LogP contribution in [0.15, 0.2) is 24.3 Å². The molecular formula is C18H31N3. The highest BCUT2D eigenvalue weighted by Gasteiger charge is 2.26. The molecule has 0 saturated carbocycles. The average Bonchev–Trinajstić information content (AvgIpc) is 2.96. The number of hydrogen-bond acceptors (Lipinski definition) is 3. The minimum Gasteiger partial charge on any atom is -0.329 e. The van der Waals surface area contributed by atoms with Gasteiger partial charge in [0.15, 0.2) is 0 Å². The molecule has 1 fully saturated rings. The van der Waals surface area contributed by atoms with Crippen LogP contribution in [0.2, 0.25) is 0 Å². The topological polar surface area (TPSA) is 32.5 Å². The SMILES string of the molecule is CCc1ccc(C(CN)N(C)CC2CCCN2CC)cc1. The van der Waals surface area contributed by atoms with Crippen LogP contribution in [0.4, 0.5) is 0 Å². The van der Waals surface area contributed by atoms with Gasteiger partial charge < -0.3 is 5.73 Å². The van der Waals surface area contributed by atoms with E-state index in [-0.39, 0.29) is 0 Å². The van der Waals surface area contributed by atoms with E-state index in [1.165, 1.54) is 30.5 Å². The molecule has 2 unspecified atom stereocenters. The molecule has 0 amide bonds. The van der Waals surface area contributed by atoms with Gasteiger partial charge in [-0.15, -0.1) is 0 Å². The summed E-state index contributed by atoms with van der Waals surface area (Å²) in [4.78, 5) is 5.05. The molecular weight excluding hydrogens is 258 g/mol. The Morgan fingerprint density at radius 2 is 2.00 bits per heavy atom. The lowest BCUT2D eigenvalue weighted by Gasteiger charge is -2.33. The van der Waals surface area contributed by atoms with Crippen LogP contribution in [0.25, 0.3) is 0 Å². The van der Waals surface area contributed by atoms with Gasteiger partial charge in [0.1, 0.15) is 0 Å². The number of nitrogens with two attached hydrogens (primary N) is 1. The molecule has 1 aromatic carbocycles. The lowest BCUT2D eigenvalue weighted by atomic mass is 10.0. The number of rotatable bonds is 7. The number of benzene rings is 1. The Hall–Kier alpha value is -0.900. The van der Waals surface area contributed by atoms with Crippen LogP contribution in [0.5, 0.6) is 0 Å². The zero-order chi connectivity index (χ0) is 15.2. The first-order chi connectivity index (χ1) is 10.2. The van der Waals surface area contributed by atoms with E-state index in [1.807, 2.05) is 0 Å². The van der Waals surface area contributed by atoms with E-state index >= 15 is 0 Å². The second-order valence-electron chi connectivity index (χ2n) is 6.21. The van der Waals surface area contributed by atoms with Gasteiger partial charge in [-0.05, 0) is 50.5 Å². The fourth-order valence-electron chi connectivity index (χ4n) is 3.52. The van der Waals surface area contributed by atoms with Gasteiger partial charge in [-0.1, -0.05) is 38.1 Å². The van der Waals surface area contributed by atoms with E-state index < -0.39 is 0 Å². The smallest absolute Gasteiger partial charge is 0.0468 e. The van der Waals surface area contributed by atoms with Crippen LogP contribution in [0.1, 0.15) is 43.9 Å². The number of likely N-dealkylation sites (N-methyl/N-ethyl adjacent to an activating group) is 2. The van der Waals surface area contributed by atoms with Gasteiger partial charge in [-0.2, -0.15) is 0 Å². The van der Waals surface area contributed by atoms with Crippen molar-refractivity contribution in [1.29, 1.82) is 0 Å². The highest BCUT2D eigenvalue weighted by molar-refractivity contribution is 5.25. The summed E-state index contributed by atoms with van der Waals surface area (Å²) in [5, 5.41) is 0. The molecule has 0 radical (unpaired) electrons. The third-order valence-electron chi connectivity index (χ3n) is 4.93. The van der Waals surface area contributed by atoms with Crippen LogP contribution in [-0.2, 0) is 6.42 Å². The molecule has 118 valence electrons. The summed E-state index contributed by atoms with van der Waals surface area (Å²) < 4.78 is 0. The molecule has 21 heavy (non-hydrogen) atoms. The zero-order valence-corrected chi connectivity index (χ0v) is 13.9. The summed E-state index contributed by atoms with van der Waals surface area (Å²) in [7, 11) is 2.22. The monoisotopic (exact) mass is 289 g/mol. The second-order valence-corrected chi connectivity index (χ2v) is 6.21. The van der Waals surface area contributed by atoms with E-state index in [4.69, 9.17) is 5.73 Å². The maximum atomic E-state index is 6.06. The van der Waals surface area contributed by atoms with Crippen molar-refractivity contribution in [3.63, 3.8) is 0 Å². The highest BCUT2D eigenvalue weighted by atomic mass is 15.2. The summed E-state index contributed by atoms with van der Waals surface area (Å²) in [6.07, 6.45) is 3.76. The van der Waals surface area contributed by atoms with Gasteiger partial charge in [0.05, 0.1) is 0 Å². The van der Waals surface area contributed by atoms with Crippen LogP contribution < -0.4 is 5.73 Å². The highest BCUT2D eigenvalue weighted by Crippen LogP contribution is 2.23. The van der Waals surface area contributed by atoms with Crippen molar-refractivity contribution in [2.75, 3.05) is 33.2 Å². The van der Waals surface area contributed by atoms with Crippen LogP contribution in [0, 0.1) is 0 Å². The number of hydrogen-bond donors (Lipinski definition) is 1. The molecule has 1 heterocycles. The molecule has 3 nitrogen and oxygen atoms in total. The molecule has 1 saturated heterocycles. The van der Waals surface area contributed by atoms with Gasteiger partial charge >= 0.3 is 0 Å². The van der Waals surface area contributed by atoms with Crippen molar-refractivity contribution < 1.29 is 0 Å². The van der Waals surface area contributed by atoms with Gasteiger partial charge in [0.2, 0.25) is 0 Å². The lowest BCUT2D eigenvalue weighted by molar-refractivity contribution is 0.166. The van der Waals surface area contributed by atoms with E-state index in [0.717, 1.165) is 19.5 Å². The van der Waals surface area contributed by atoms with Crippen LogP contribution in [-0.4, -0.2) is 49.1 Å². The fourth-order valence-corrected chi connectivity index (χ4v) is 3.52. The minimum absolute atomic E-state index is 0.329. The third-order valence-corrected chi connectivity index (χ3v) is 4.93. The largest absolute Gasteiger partial charge is 0.329 e. The molecule has 0 bridgehead atoms.